The van der Waals surface area contributed by atoms with E-state index in [9.17, 15) is 9.59 Å². The number of nitrogens with zero attached hydrogens (tertiary/aromatic N) is 4. The van der Waals surface area contributed by atoms with E-state index in [-0.39, 0.29) is 0 Å². The molecule has 0 fully saturated rings. The van der Waals surface area contributed by atoms with Gasteiger partial charge in [0.25, 0.3) is 11.8 Å². The first-order valence-electron chi connectivity index (χ1n) is 9.93. The Hall–Kier alpha value is -4.59. The lowest BCUT2D eigenvalue weighted by molar-refractivity contribution is -0.117. The second-order valence-corrected chi connectivity index (χ2v) is 6.89. The van der Waals surface area contributed by atoms with Gasteiger partial charge in [0.15, 0.2) is 0 Å². The van der Waals surface area contributed by atoms with E-state index < -0.39 is 11.8 Å². The van der Waals surface area contributed by atoms with E-state index in [1.165, 1.54) is 10.9 Å². The van der Waals surface area contributed by atoms with Crippen LogP contribution in [0.5, 0.6) is 0 Å². The molecule has 0 saturated heterocycles. The number of benzene rings is 3. The Morgan fingerprint density at radius 3 is 2.25 bits per heavy atom. The van der Waals surface area contributed by atoms with Gasteiger partial charge in [-0.25, -0.2) is 0 Å². The summed E-state index contributed by atoms with van der Waals surface area (Å²) in [6.07, 6.45) is 3.02. The molecule has 2 N–H and O–H groups in total. The van der Waals surface area contributed by atoms with Crippen molar-refractivity contribution in [2.75, 3.05) is 0 Å². The van der Waals surface area contributed by atoms with Crippen molar-refractivity contribution in [3.05, 3.63) is 108 Å². The summed E-state index contributed by atoms with van der Waals surface area (Å²) in [6, 6.07) is 26.0. The summed E-state index contributed by atoms with van der Waals surface area (Å²) >= 11 is 0. The fourth-order valence-corrected chi connectivity index (χ4v) is 2.91. The van der Waals surface area contributed by atoms with E-state index in [1.54, 1.807) is 30.3 Å². The monoisotopic (exact) mass is 424 g/mol. The van der Waals surface area contributed by atoms with E-state index in [4.69, 9.17) is 0 Å². The van der Waals surface area contributed by atoms with Crippen LogP contribution in [0.1, 0.15) is 21.5 Å². The van der Waals surface area contributed by atoms with Crippen LogP contribution in [0.3, 0.4) is 0 Å². The summed E-state index contributed by atoms with van der Waals surface area (Å²) in [5.74, 6) is -0.285. The van der Waals surface area contributed by atoms with Gasteiger partial charge < -0.3 is 0 Å². The zero-order valence-corrected chi connectivity index (χ0v) is 17.1. The topological polar surface area (TPSA) is 102 Å². The molecule has 0 aliphatic carbocycles. The van der Waals surface area contributed by atoms with Crippen LogP contribution in [-0.4, -0.2) is 32.0 Å². The molecule has 1 heterocycles. The molecular formula is C24H20N6O2. The van der Waals surface area contributed by atoms with Gasteiger partial charge in [0, 0.05) is 17.2 Å². The van der Waals surface area contributed by atoms with Crippen LogP contribution in [0.25, 0.3) is 17.5 Å². The zero-order chi connectivity index (χ0) is 22.2. The summed E-state index contributed by atoms with van der Waals surface area (Å²) in [4.78, 5) is 25.6. The van der Waals surface area contributed by atoms with E-state index >= 15 is 0 Å². The molecular weight excluding hydrogens is 404 g/mol. The third-order valence-electron chi connectivity index (χ3n) is 4.55. The maximum absolute atomic E-state index is 12.3. The van der Waals surface area contributed by atoms with Gasteiger partial charge in [0.05, 0.1) is 6.54 Å². The third kappa shape index (κ3) is 5.51. The van der Waals surface area contributed by atoms with E-state index in [0.717, 1.165) is 16.7 Å². The minimum absolute atomic E-state index is 0.414. The van der Waals surface area contributed by atoms with Crippen molar-refractivity contribution in [2.45, 2.75) is 6.54 Å². The van der Waals surface area contributed by atoms with Gasteiger partial charge in [0.2, 0.25) is 5.82 Å². The van der Waals surface area contributed by atoms with Crippen molar-refractivity contribution in [2.24, 2.45) is 0 Å². The number of nitrogens with one attached hydrogen (secondary N) is 2. The van der Waals surface area contributed by atoms with Gasteiger partial charge in [-0.15, -0.1) is 10.2 Å². The summed E-state index contributed by atoms with van der Waals surface area (Å²) in [5.41, 5.74) is 7.87. The normalized spacial score (nSPS) is 10.8. The Kier molecular flexibility index (Phi) is 6.42. The molecule has 4 rings (SSSR count). The van der Waals surface area contributed by atoms with Gasteiger partial charge in [-0.05, 0) is 34.5 Å². The van der Waals surface area contributed by atoms with Crippen molar-refractivity contribution in [3.63, 3.8) is 0 Å². The molecule has 0 aliphatic heterocycles. The number of carbonyl (C=O) groups excluding carboxylic acids is 2. The predicted octanol–water partition coefficient (Wildman–Crippen LogP) is 2.86. The molecule has 2 amide bonds. The number of hydrogen-bond donors (Lipinski definition) is 2. The quantitative estimate of drug-likeness (QED) is 0.366. The number of aromatic nitrogens is 4. The molecule has 0 atom stereocenters. The molecule has 0 aliphatic rings. The Bertz CT molecular complexity index is 1220. The minimum Gasteiger partial charge on any atom is -0.268 e. The van der Waals surface area contributed by atoms with Gasteiger partial charge in [-0.1, -0.05) is 72.8 Å². The second kappa shape index (κ2) is 9.94. The molecule has 8 nitrogen and oxygen atoms in total. The van der Waals surface area contributed by atoms with Crippen molar-refractivity contribution in [3.8, 4) is 11.4 Å². The summed E-state index contributed by atoms with van der Waals surface area (Å²) in [5, 5.41) is 12.5. The lowest BCUT2D eigenvalue weighted by atomic mass is 10.1. The standard InChI is InChI=1S/C24H20N6O2/c31-22(16-13-18-7-3-1-4-8-18)25-27-24(32)21-14-11-19(12-15-21)17-30-28-23(26-29-30)20-9-5-2-6-10-20/h1-16H,17H2,(H,25,31)(H,27,32)/b16-13+. The van der Waals surface area contributed by atoms with Crippen LogP contribution in [0.2, 0.25) is 0 Å². The van der Waals surface area contributed by atoms with Gasteiger partial charge >= 0.3 is 0 Å². The number of rotatable bonds is 6. The number of amides is 2. The number of hydrogen-bond acceptors (Lipinski definition) is 5. The summed E-state index contributed by atoms with van der Waals surface area (Å²) in [6.45, 7) is 0.419. The Balaban J connectivity index is 1.29. The van der Waals surface area contributed by atoms with Crippen LogP contribution < -0.4 is 10.9 Å². The van der Waals surface area contributed by atoms with Crippen molar-refractivity contribution >= 4 is 17.9 Å². The van der Waals surface area contributed by atoms with Crippen LogP contribution in [0.4, 0.5) is 0 Å². The molecule has 0 unspecified atom stereocenters. The number of carbonyl (C=O) groups is 2. The van der Waals surface area contributed by atoms with Gasteiger partial charge in [-0.3, -0.25) is 20.4 Å². The van der Waals surface area contributed by atoms with E-state index in [0.29, 0.717) is 17.9 Å². The van der Waals surface area contributed by atoms with Crippen LogP contribution in [0, 0.1) is 0 Å². The molecule has 1 aromatic heterocycles. The average Bonchev–Trinajstić information content (AvgIpc) is 3.31. The first kappa shape index (κ1) is 20.7. The third-order valence-corrected chi connectivity index (χ3v) is 4.55. The second-order valence-electron chi connectivity index (χ2n) is 6.89. The minimum atomic E-state index is -0.426. The lowest BCUT2D eigenvalue weighted by Gasteiger charge is -2.06. The largest absolute Gasteiger partial charge is 0.269 e. The lowest BCUT2D eigenvalue weighted by Crippen LogP contribution is -2.40. The maximum Gasteiger partial charge on any atom is 0.269 e. The SMILES string of the molecule is O=C(/C=C/c1ccccc1)NNC(=O)c1ccc(Cn2nnc(-c3ccccc3)n2)cc1. The fourth-order valence-electron chi connectivity index (χ4n) is 2.91. The average molecular weight is 424 g/mol. The van der Waals surface area contributed by atoms with Crippen molar-refractivity contribution in [1.82, 2.24) is 31.1 Å². The zero-order valence-electron chi connectivity index (χ0n) is 17.1. The van der Waals surface area contributed by atoms with Gasteiger partial charge in [0.1, 0.15) is 0 Å². The summed E-state index contributed by atoms with van der Waals surface area (Å²) < 4.78 is 0. The highest BCUT2D eigenvalue weighted by molar-refractivity contribution is 5.97. The molecule has 0 saturated carbocycles. The fraction of sp³-hybridized carbons (Fsp3) is 0.0417. The molecule has 32 heavy (non-hydrogen) atoms. The van der Waals surface area contributed by atoms with Gasteiger partial charge in [-0.2, -0.15) is 4.80 Å². The molecule has 4 aromatic rings. The first-order chi connectivity index (χ1) is 15.7. The smallest absolute Gasteiger partial charge is 0.268 e. The predicted molar refractivity (Wildman–Crippen MR) is 120 cm³/mol. The Morgan fingerprint density at radius 2 is 1.53 bits per heavy atom. The van der Waals surface area contributed by atoms with Crippen molar-refractivity contribution < 1.29 is 9.59 Å². The maximum atomic E-state index is 12.3. The van der Waals surface area contributed by atoms with E-state index in [2.05, 4.69) is 26.3 Å². The first-order valence-corrected chi connectivity index (χ1v) is 9.93. The highest BCUT2D eigenvalue weighted by Crippen LogP contribution is 2.12. The van der Waals surface area contributed by atoms with Crippen molar-refractivity contribution in [1.29, 1.82) is 0 Å². The molecule has 0 bridgehead atoms. The summed E-state index contributed by atoms with van der Waals surface area (Å²) in [7, 11) is 0. The molecule has 0 spiro atoms. The molecule has 3 aromatic carbocycles. The Morgan fingerprint density at radius 1 is 0.844 bits per heavy atom. The molecule has 8 heteroatoms. The Labute approximate surface area is 184 Å². The van der Waals surface area contributed by atoms with E-state index in [1.807, 2.05) is 60.7 Å². The highest BCUT2D eigenvalue weighted by atomic mass is 16.2. The van der Waals surface area contributed by atoms with Crippen LogP contribution in [0.15, 0.2) is 91.0 Å². The molecule has 0 radical (unpaired) electrons. The number of hydrazine groups is 1. The highest BCUT2D eigenvalue weighted by Gasteiger charge is 2.08. The number of tetrazole rings is 1. The molecule has 158 valence electrons. The van der Waals surface area contributed by atoms with Crippen LogP contribution >= 0.6 is 0 Å². The van der Waals surface area contributed by atoms with Crippen LogP contribution in [-0.2, 0) is 11.3 Å².